The zero-order valence-corrected chi connectivity index (χ0v) is 18.7. The zero-order valence-electron chi connectivity index (χ0n) is 17.9. The van der Waals surface area contributed by atoms with Gasteiger partial charge in [0, 0.05) is 32.1 Å². The summed E-state index contributed by atoms with van der Waals surface area (Å²) in [7, 11) is -3.42. The van der Waals surface area contributed by atoms with Gasteiger partial charge in [0.1, 0.15) is 5.52 Å². The van der Waals surface area contributed by atoms with E-state index in [4.69, 9.17) is 0 Å². The van der Waals surface area contributed by atoms with E-state index in [1.54, 1.807) is 4.68 Å². The average molecular weight is 454 g/mol. The summed E-state index contributed by atoms with van der Waals surface area (Å²) >= 11 is 0. The van der Waals surface area contributed by atoms with Gasteiger partial charge in [-0.3, -0.25) is 4.79 Å². The van der Waals surface area contributed by atoms with Crippen LogP contribution in [0.5, 0.6) is 0 Å². The molecule has 0 unspecified atom stereocenters. The van der Waals surface area contributed by atoms with Gasteiger partial charge < -0.3 is 4.90 Å². The number of carbonyl (C=O) groups is 1. The highest BCUT2D eigenvalue weighted by Gasteiger charge is 2.34. The molecule has 1 fully saturated rings. The third-order valence-corrected chi connectivity index (χ3v) is 8.47. The molecule has 0 radical (unpaired) electrons. The first kappa shape index (κ1) is 21.1. The van der Waals surface area contributed by atoms with Crippen LogP contribution >= 0.6 is 0 Å². The number of aromatic nitrogens is 3. The number of piperidine rings is 1. The maximum Gasteiger partial charge on any atom is 0.226 e. The van der Waals surface area contributed by atoms with Crippen molar-refractivity contribution < 1.29 is 13.2 Å². The number of nitrogens with zero attached hydrogens (tertiary/aromatic N) is 5. The highest BCUT2D eigenvalue weighted by molar-refractivity contribution is 7.89. The van der Waals surface area contributed by atoms with Crippen LogP contribution in [-0.2, 0) is 34.3 Å². The lowest BCUT2D eigenvalue weighted by Crippen LogP contribution is -2.46. The lowest BCUT2D eigenvalue weighted by molar-refractivity contribution is -0.137. The Kier molecular flexibility index (Phi) is 5.69. The summed E-state index contributed by atoms with van der Waals surface area (Å²) in [5, 5.41) is 8.16. The van der Waals surface area contributed by atoms with Gasteiger partial charge in [0.2, 0.25) is 15.9 Å². The molecule has 0 aliphatic carbocycles. The Morgan fingerprint density at radius 1 is 0.969 bits per heavy atom. The predicted octanol–water partition coefficient (Wildman–Crippen LogP) is 2.06. The van der Waals surface area contributed by atoms with Crippen molar-refractivity contribution in [1.82, 2.24) is 24.2 Å². The van der Waals surface area contributed by atoms with E-state index in [-0.39, 0.29) is 24.1 Å². The van der Waals surface area contributed by atoms with Gasteiger partial charge in [-0.1, -0.05) is 41.6 Å². The summed E-state index contributed by atoms with van der Waals surface area (Å²) in [5.41, 5.74) is 4.12. The Morgan fingerprint density at radius 2 is 1.69 bits per heavy atom. The van der Waals surface area contributed by atoms with Gasteiger partial charge in [0.05, 0.1) is 17.8 Å². The van der Waals surface area contributed by atoms with Crippen LogP contribution in [0.1, 0.15) is 24.0 Å². The molecular formula is C23H27N5O3S. The van der Waals surface area contributed by atoms with E-state index in [0.717, 1.165) is 24.0 Å². The van der Waals surface area contributed by atoms with Gasteiger partial charge in [0.25, 0.3) is 0 Å². The summed E-state index contributed by atoms with van der Waals surface area (Å²) < 4.78 is 29.0. The molecule has 32 heavy (non-hydrogen) atoms. The van der Waals surface area contributed by atoms with Crippen LogP contribution in [0.4, 0.5) is 0 Å². The molecule has 1 amide bonds. The van der Waals surface area contributed by atoms with Crippen LogP contribution < -0.4 is 0 Å². The van der Waals surface area contributed by atoms with E-state index >= 15 is 0 Å². The number of aryl methyl sites for hydroxylation is 1. The molecule has 0 atom stereocenters. The second-order valence-corrected chi connectivity index (χ2v) is 10.7. The molecule has 0 bridgehead atoms. The fraction of sp³-hybridized carbons (Fsp3) is 0.435. The molecule has 0 saturated carbocycles. The number of benzene rings is 2. The lowest BCUT2D eigenvalue weighted by atomic mass is 9.94. The average Bonchev–Trinajstić information content (AvgIpc) is 3.25. The maximum absolute atomic E-state index is 13.1. The molecule has 2 aliphatic heterocycles. The Morgan fingerprint density at radius 3 is 2.50 bits per heavy atom. The van der Waals surface area contributed by atoms with Crippen molar-refractivity contribution in [2.45, 2.75) is 32.4 Å². The third-order valence-electron chi connectivity index (χ3n) is 6.62. The number of amides is 1. The molecule has 3 aromatic rings. The van der Waals surface area contributed by atoms with E-state index < -0.39 is 10.0 Å². The number of rotatable bonds is 5. The van der Waals surface area contributed by atoms with Crippen LogP contribution in [0.3, 0.4) is 0 Å². The number of fused-ring (bicyclic) bond motifs is 2. The minimum atomic E-state index is -3.42. The zero-order chi connectivity index (χ0) is 22.1. The third kappa shape index (κ3) is 4.14. The van der Waals surface area contributed by atoms with Crippen LogP contribution in [0.2, 0.25) is 0 Å². The number of hydrogen-bond donors (Lipinski definition) is 0. The summed E-state index contributed by atoms with van der Waals surface area (Å²) in [6, 6.07) is 15.8. The molecule has 0 N–H and O–H groups in total. The van der Waals surface area contributed by atoms with Crippen molar-refractivity contribution in [3.05, 3.63) is 59.7 Å². The van der Waals surface area contributed by atoms with E-state index in [9.17, 15) is 13.2 Å². The monoisotopic (exact) mass is 453 g/mol. The van der Waals surface area contributed by atoms with E-state index in [1.807, 2.05) is 41.3 Å². The minimum absolute atomic E-state index is 0.0259. The summed E-state index contributed by atoms with van der Waals surface area (Å²) in [5.74, 6) is 0.0265. The number of hydrogen-bond acceptors (Lipinski definition) is 5. The van der Waals surface area contributed by atoms with E-state index in [0.29, 0.717) is 32.5 Å². The normalized spacial score (nSPS) is 18.1. The van der Waals surface area contributed by atoms with Crippen molar-refractivity contribution in [2.75, 3.05) is 25.4 Å². The second-order valence-electron chi connectivity index (χ2n) is 8.57. The fourth-order valence-corrected chi connectivity index (χ4v) is 6.17. The van der Waals surface area contributed by atoms with Gasteiger partial charge in [-0.05, 0) is 42.5 Å². The smallest absolute Gasteiger partial charge is 0.226 e. The Bertz CT molecular complexity index is 1230. The molecule has 1 aromatic heterocycles. The van der Waals surface area contributed by atoms with Crippen molar-refractivity contribution in [1.29, 1.82) is 0 Å². The molecular weight excluding hydrogens is 426 g/mol. The predicted molar refractivity (Wildman–Crippen MR) is 121 cm³/mol. The summed E-state index contributed by atoms with van der Waals surface area (Å²) in [6.45, 7) is 2.43. The first-order chi connectivity index (χ1) is 15.5. The van der Waals surface area contributed by atoms with Crippen molar-refractivity contribution in [2.24, 2.45) is 5.92 Å². The van der Waals surface area contributed by atoms with Crippen molar-refractivity contribution in [3.63, 3.8) is 0 Å². The Hall–Kier alpha value is -2.78. The van der Waals surface area contributed by atoms with E-state index in [2.05, 4.69) is 22.4 Å². The lowest BCUT2D eigenvalue weighted by Gasteiger charge is -2.35. The largest absolute Gasteiger partial charge is 0.338 e. The molecule has 8 nitrogen and oxygen atoms in total. The van der Waals surface area contributed by atoms with Gasteiger partial charge in [-0.25, -0.2) is 17.4 Å². The standard InChI is InChI=1S/C23H27N5O3S/c29-23(26-12-9-18-5-1-2-6-20(18)17-26)19-10-13-27(14-11-19)32(30,31)16-15-28-22-8-4-3-7-21(22)24-25-28/h1-8,19H,9-17H2. The number of carbonyl (C=O) groups excluding carboxylic acids is 1. The van der Waals surface area contributed by atoms with Crippen LogP contribution in [0.15, 0.2) is 48.5 Å². The second kappa shape index (κ2) is 8.63. The molecule has 0 spiro atoms. The van der Waals surface area contributed by atoms with Crippen molar-refractivity contribution >= 4 is 27.0 Å². The van der Waals surface area contributed by atoms with Crippen molar-refractivity contribution in [3.8, 4) is 0 Å². The molecule has 5 rings (SSSR count). The minimum Gasteiger partial charge on any atom is -0.338 e. The summed E-state index contributed by atoms with van der Waals surface area (Å²) in [6.07, 6.45) is 2.02. The Balaban J connectivity index is 1.16. The number of sulfonamides is 1. The van der Waals surface area contributed by atoms with Gasteiger partial charge in [-0.15, -0.1) is 5.10 Å². The quantitative estimate of drug-likeness (QED) is 0.590. The molecule has 2 aromatic carbocycles. The molecule has 3 heterocycles. The highest BCUT2D eigenvalue weighted by atomic mass is 32.2. The van der Waals surface area contributed by atoms with Crippen LogP contribution in [0, 0.1) is 5.92 Å². The van der Waals surface area contributed by atoms with Crippen LogP contribution in [-0.4, -0.2) is 63.9 Å². The van der Waals surface area contributed by atoms with Gasteiger partial charge in [-0.2, -0.15) is 0 Å². The highest BCUT2D eigenvalue weighted by Crippen LogP contribution is 2.26. The first-order valence-electron chi connectivity index (χ1n) is 11.1. The molecule has 9 heteroatoms. The maximum atomic E-state index is 13.1. The van der Waals surface area contributed by atoms with E-state index in [1.165, 1.54) is 15.4 Å². The van der Waals surface area contributed by atoms with Crippen LogP contribution in [0.25, 0.3) is 11.0 Å². The Labute approximate surface area is 187 Å². The molecule has 2 aliphatic rings. The number of para-hydroxylation sites is 1. The molecule has 1 saturated heterocycles. The first-order valence-corrected chi connectivity index (χ1v) is 12.7. The topological polar surface area (TPSA) is 88.4 Å². The fourth-order valence-electron chi connectivity index (χ4n) is 4.74. The van der Waals surface area contributed by atoms with Gasteiger partial charge >= 0.3 is 0 Å². The SMILES string of the molecule is O=C(C1CCN(S(=O)(=O)CCn2nnc3ccccc32)CC1)N1CCc2ccccc2C1. The molecule has 168 valence electrons. The van der Waals surface area contributed by atoms with Gasteiger partial charge in [0.15, 0.2) is 0 Å². The summed E-state index contributed by atoms with van der Waals surface area (Å²) in [4.78, 5) is 15.0.